The molecule has 6 heteroatoms. The van der Waals surface area contributed by atoms with Gasteiger partial charge < -0.3 is 16.0 Å². The number of carbonyl (C=O) groups is 2. The van der Waals surface area contributed by atoms with Crippen LogP contribution in [0, 0.1) is 11.8 Å². The van der Waals surface area contributed by atoms with Gasteiger partial charge in [0.1, 0.15) is 6.04 Å². The first kappa shape index (κ1) is 22.5. The molecular formula is C20H32ClN3O2. The highest BCUT2D eigenvalue weighted by Gasteiger charge is 2.31. The maximum Gasteiger partial charge on any atom is 0.249 e. The van der Waals surface area contributed by atoms with Crippen molar-refractivity contribution in [2.75, 3.05) is 13.1 Å². The Hall–Kier alpha value is -1.59. The highest BCUT2D eigenvalue weighted by Crippen LogP contribution is 2.23. The number of nitrogens with zero attached hydrogens (tertiary/aromatic N) is 1. The molecule has 0 spiro atoms. The van der Waals surface area contributed by atoms with Crippen molar-refractivity contribution in [3.8, 4) is 0 Å². The summed E-state index contributed by atoms with van der Waals surface area (Å²) >= 11 is 0. The number of amides is 2. The van der Waals surface area contributed by atoms with Crippen molar-refractivity contribution >= 4 is 24.2 Å². The fourth-order valence-corrected chi connectivity index (χ4v) is 3.35. The van der Waals surface area contributed by atoms with Crippen molar-refractivity contribution in [1.29, 1.82) is 0 Å². The second-order valence-electron chi connectivity index (χ2n) is 7.55. The molecule has 0 radical (unpaired) electrons. The molecule has 1 fully saturated rings. The summed E-state index contributed by atoms with van der Waals surface area (Å²) in [6.45, 7) is 7.39. The molecule has 3 unspecified atom stereocenters. The number of halogens is 1. The van der Waals surface area contributed by atoms with E-state index in [2.05, 4.69) is 5.32 Å². The van der Waals surface area contributed by atoms with Crippen LogP contribution in [0.25, 0.3) is 0 Å². The number of benzene rings is 1. The van der Waals surface area contributed by atoms with Gasteiger partial charge in [-0.1, -0.05) is 44.2 Å². The van der Waals surface area contributed by atoms with E-state index in [-0.39, 0.29) is 36.2 Å². The largest absolute Gasteiger partial charge is 0.341 e. The minimum atomic E-state index is -0.626. The molecule has 3 N–H and O–H groups in total. The molecular weight excluding hydrogens is 350 g/mol. The monoisotopic (exact) mass is 381 g/mol. The van der Waals surface area contributed by atoms with E-state index in [1.807, 2.05) is 56.0 Å². The van der Waals surface area contributed by atoms with E-state index >= 15 is 0 Å². The van der Waals surface area contributed by atoms with Crippen LogP contribution in [0.5, 0.6) is 0 Å². The number of likely N-dealkylation sites (tertiary alicyclic amines) is 1. The van der Waals surface area contributed by atoms with Gasteiger partial charge in [0.15, 0.2) is 0 Å². The third kappa shape index (κ3) is 6.29. The van der Waals surface area contributed by atoms with Crippen LogP contribution in [0.4, 0.5) is 0 Å². The van der Waals surface area contributed by atoms with E-state index < -0.39 is 6.04 Å². The molecule has 3 atom stereocenters. The van der Waals surface area contributed by atoms with Crippen LogP contribution < -0.4 is 11.1 Å². The third-order valence-corrected chi connectivity index (χ3v) is 4.79. The number of hydrogen-bond acceptors (Lipinski definition) is 3. The Morgan fingerprint density at radius 2 is 1.88 bits per heavy atom. The number of carbonyl (C=O) groups excluding carboxylic acids is 2. The molecule has 2 amide bonds. The van der Waals surface area contributed by atoms with E-state index in [0.717, 1.165) is 24.9 Å². The first-order chi connectivity index (χ1) is 11.9. The maximum absolute atomic E-state index is 13.2. The Morgan fingerprint density at radius 1 is 1.23 bits per heavy atom. The number of nitrogens with one attached hydrogen (secondary N) is 1. The Labute approximate surface area is 163 Å². The van der Waals surface area contributed by atoms with E-state index in [0.29, 0.717) is 18.9 Å². The molecule has 1 aromatic rings. The number of piperidine rings is 1. The van der Waals surface area contributed by atoms with Gasteiger partial charge in [-0.2, -0.15) is 0 Å². The van der Waals surface area contributed by atoms with Crippen molar-refractivity contribution in [2.45, 2.75) is 52.1 Å². The zero-order valence-corrected chi connectivity index (χ0v) is 16.8. The summed E-state index contributed by atoms with van der Waals surface area (Å²) in [6.07, 6.45) is 2.43. The summed E-state index contributed by atoms with van der Waals surface area (Å²) in [5.74, 6) is 0.455. The Bertz CT molecular complexity index is 578. The molecule has 0 aliphatic carbocycles. The predicted octanol–water partition coefficient (Wildman–Crippen LogP) is 2.90. The summed E-state index contributed by atoms with van der Waals surface area (Å²) in [5.41, 5.74) is 6.87. The topological polar surface area (TPSA) is 75.4 Å². The predicted molar refractivity (Wildman–Crippen MR) is 107 cm³/mol. The van der Waals surface area contributed by atoms with Crippen LogP contribution in [0.2, 0.25) is 0 Å². The van der Waals surface area contributed by atoms with E-state index in [1.165, 1.54) is 0 Å². The van der Waals surface area contributed by atoms with Gasteiger partial charge in [0.25, 0.3) is 0 Å². The van der Waals surface area contributed by atoms with Crippen molar-refractivity contribution in [3.05, 3.63) is 35.9 Å². The lowest BCUT2D eigenvalue weighted by molar-refractivity contribution is -0.138. The minimum absolute atomic E-state index is 0. The molecule has 2 rings (SSSR count). The smallest absolute Gasteiger partial charge is 0.249 e. The lowest BCUT2D eigenvalue weighted by atomic mass is 9.91. The highest BCUT2D eigenvalue weighted by molar-refractivity contribution is 5.88. The van der Waals surface area contributed by atoms with Gasteiger partial charge in [-0.3, -0.25) is 9.59 Å². The molecule has 1 aromatic carbocycles. The van der Waals surface area contributed by atoms with Gasteiger partial charge in [-0.15, -0.1) is 12.4 Å². The minimum Gasteiger partial charge on any atom is -0.341 e. The van der Waals surface area contributed by atoms with Crippen LogP contribution in [0.1, 0.15) is 51.6 Å². The van der Waals surface area contributed by atoms with Crippen molar-refractivity contribution in [1.82, 2.24) is 10.2 Å². The van der Waals surface area contributed by atoms with Gasteiger partial charge in [0, 0.05) is 25.6 Å². The highest BCUT2D eigenvalue weighted by atomic mass is 35.5. The van der Waals surface area contributed by atoms with Crippen molar-refractivity contribution in [3.63, 3.8) is 0 Å². The first-order valence-corrected chi connectivity index (χ1v) is 9.27. The average molecular weight is 382 g/mol. The van der Waals surface area contributed by atoms with Crippen molar-refractivity contribution in [2.24, 2.45) is 17.6 Å². The fraction of sp³-hybridized carbons (Fsp3) is 0.600. The van der Waals surface area contributed by atoms with E-state index in [9.17, 15) is 9.59 Å². The van der Waals surface area contributed by atoms with Crippen molar-refractivity contribution < 1.29 is 9.59 Å². The molecule has 0 aromatic heterocycles. The summed E-state index contributed by atoms with van der Waals surface area (Å²) in [5, 5.41) is 2.94. The molecule has 26 heavy (non-hydrogen) atoms. The zero-order valence-electron chi connectivity index (χ0n) is 16.0. The van der Waals surface area contributed by atoms with Gasteiger partial charge >= 0.3 is 0 Å². The molecule has 1 aliphatic heterocycles. The normalized spacial score (nSPS) is 19.4. The lowest BCUT2D eigenvalue weighted by Gasteiger charge is -2.36. The average Bonchev–Trinajstić information content (AvgIpc) is 2.59. The Kier molecular flexibility index (Phi) is 9.09. The molecule has 0 saturated carbocycles. The first-order valence-electron chi connectivity index (χ1n) is 9.27. The Morgan fingerprint density at radius 3 is 2.46 bits per heavy atom. The van der Waals surface area contributed by atoms with Gasteiger partial charge in [0.2, 0.25) is 11.8 Å². The fourth-order valence-electron chi connectivity index (χ4n) is 3.35. The number of rotatable bonds is 6. The van der Waals surface area contributed by atoms with Gasteiger partial charge in [-0.25, -0.2) is 0 Å². The summed E-state index contributed by atoms with van der Waals surface area (Å²) < 4.78 is 0. The van der Waals surface area contributed by atoms with E-state index in [1.54, 1.807) is 0 Å². The number of nitrogens with two attached hydrogens (primary N) is 1. The number of hydrogen-bond donors (Lipinski definition) is 2. The second kappa shape index (κ2) is 10.5. The van der Waals surface area contributed by atoms with Crippen LogP contribution in [0.3, 0.4) is 0 Å². The van der Waals surface area contributed by atoms with Gasteiger partial charge in [-0.05, 0) is 37.2 Å². The SMILES string of the molecule is CC(C)CC(=O)NC(C(=O)N1CCCC(C(C)N)C1)c1ccccc1.Cl. The quantitative estimate of drug-likeness (QED) is 0.795. The summed E-state index contributed by atoms with van der Waals surface area (Å²) in [7, 11) is 0. The van der Waals surface area contributed by atoms with Crippen LogP contribution >= 0.6 is 12.4 Å². The van der Waals surface area contributed by atoms with Crippen LogP contribution in [-0.4, -0.2) is 35.8 Å². The lowest BCUT2D eigenvalue weighted by Crippen LogP contribution is -2.49. The molecule has 0 bridgehead atoms. The molecule has 5 nitrogen and oxygen atoms in total. The molecule has 1 saturated heterocycles. The van der Waals surface area contributed by atoms with Crippen LogP contribution in [0.15, 0.2) is 30.3 Å². The molecule has 146 valence electrons. The second-order valence-corrected chi connectivity index (χ2v) is 7.55. The van der Waals surface area contributed by atoms with Crippen LogP contribution in [-0.2, 0) is 9.59 Å². The summed E-state index contributed by atoms with van der Waals surface area (Å²) in [6, 6.07) is 8.93. The maximum atomic E-state index is 13.2. The zero-order chi connectivity index (χ0) is 18.4. The summed E-state index contributed by atoms with van der Waals surface area (Å²) in [4.78, 5) is 27.3. The van der Waals surface area contributed by atoms with Gasteiger partial charge in [0.05, 0.1) is 0 Å². The Balaban J connectivity index is 0.00000338. The third-order valence-electron chi connectivity index (χ3n) is 4.79. The molecule has 1 aliphatic rings. The standard InChI is InChI=1S/C20H31N3O2.ClH/c1-14(2)12-18(24)22-19(16-8-5-4-6-9-16)20(25)23-11-7-10-17(13-23)15(3)21;/h4-6,8-9,14-15,17,19H,7,10-13,21H2,1-3H3,(H,22,24);1H. The molecule has 1 heterocycles. The van der Waals surface area contributed by atoms with E-state index in [4.69, 9.17) is 5.73 Å².